The van der Waals surface area contributed by atoms with Gasteiger partial charge in [-0.1, -0.05) is 11.6 Å². The van der Waals surface area contributed by atoms with Crippen LogP contribution in [0.3, 0.4) is 0 Å². The van der Waals surface area contributed by atoms with Crippen LogP contribution in [0, 0.1) is 5.82 Å². The number of ether oxygens (including phenoxy) is 3. The number of carbonyl (C=O) groups is 3. The minimum absolute atomic E-state index is 0.146. The van der Waals surface area contributed by atoms with Gasteiger partial charge in [-0.05, 0) is 36.4 Å². The van der Waals surface area contributed by atoms with Gasteiger partial charge in [-0.2, -0.15) is 0 Å². The van der Waals surface area contributed by atoms with Crippen LogP contribution in [0.2, 0.25) is 5.02 Å². The molecule has 2 aromatic rings. The Kier molecular flexibility index (Phi) is 7.13. The van der Waals surface area contributed by atoms with Crippen molar-refractivity contribution in [3.8, 4) is 11.5 Å². The average Bonchev–Trinajstić information content (AvgIpc) is 2.67. The second-order valence-electron chi connectivity index (χ2n) is 5.15. The molecule has 0 unspecified atom stereocenters. The number of carbonyl (C=O) groups excluding carboxylic acids is 3. The van der Waals surface area contributed by atoms with Gasteiger partial charge in [-0.3, -0.25) is 9.59 Å². The summed E-state index contributed by atoms with van der Waals surface area (Å²) in [5.41, 5.74) is 0.651. The van der Waals surface area contributed by atoms with E-state index in [0.29, 0.717) is 11.8 Å². The van der Waals surface area contributed by atoms with Gasteiger partial charge >= 0.3 is 5.97 Å². The van der Waals surface area contributed by atoms with Crippen LogP contribution in [0.15, 0.2) is 36.4 Å². The Labute approximate surface area is 159 Å². The van der Waals surface area contributed by atoms with Gasteiger partial charge in [0.1, 0.15) is 12.1 Å². The van der Waals surface area contributed by atoms with E-state index in [9.17, 15) is 18.8 Å². The summed E-state index contributed by atoms with van der Waals surface area (Å²) in [5, 5.41) is 2.26. The minimum Gasteiger partial charge on any atom is -0.493 e. The summed E-state index contributed by atoms with van der Waals surface area (Å²) in [5.74, 6) is -1.51. The number of benzene rings is 2. The van der Waals surface area contributed by atoms with Crippen molar-refractivity contribution in [3.63, 3.8) is 0 Å². The zero-order chi connectivity index (χ0) is 19.8. The fourth-order valence-electron chi connectivity index (χ4n) is 1.97. The van der Waals surface area contributed by atoms with Crippen molar-refractivity contribution >= 4 is 35.5 Å². The highest BCUT2D eigenvalue weighted by atomic mass is 35.5. The van der Waals surface area contributed by atoms with Gasteiger partial charge < -0.3 is 19.5 Å². The number of rotatable bonds is 8. The topological polar surface area (TPSA) is 90.9 Å². The van der Waals surface area contributed by atoms with E-state index in [0.717, 1.165) is 6.07 Å². The highest BCUT2D eigenvalue weighted by Gasteiger charge is 2.12. The number of amides is 1. The molecular formula is C18H15ClFNO6. The van der Waals surface area contributed by atoms with Gasteiger partial charge in [-0.25, -0.2) is 9.18 Å². The Morgan fingerprint density at radius 1 is 1.15 bits per heavy atom. The van der Waals surface area contributed by atoms with Crippen LogP contribution in [-0.2, 0) is 14.3 Å². The summed E-state index contributed by atoms with van der Waals surface area (Å²) in [6.45, 7) is -1.02. The molecule has 0 bridgehead atoms. The molecule has 1 amide bonds. The molecule has 0 radical (unpaired) electrons. The number of esters is 1. The van der Waals surface area contributed by atoms with Crippen molar-refractivity contribution < 1.29 is 33.0 Å². The van der Waals surface area contributed by atoms with E-state index in [-0.39, 0.29) is 22.2 Å². The number of anilines is 1. The lowest BCUT2D eigenvalue weighted by molar-refractivity contribution is -0.149. The Hall–Kier alpha value is -3.13. The zero-order valence-electron chi connectivity index (χ0n) is 14.2. The van der Waals surface area contributed by atoms with E-state index in [1.165, 1.54) is 37.4 Å². The third-order valence-corrected chi connectivity index (χ3v) is 3.53. The van der Waals surface area contributed by atoms with E-state index in [1.54, 1.807) is 0 Å². The summed E-state index contributed by atoms with van der Waals surface area (Å²) in [6.07, 6.45) is 0.646. The molecule has 0 heterocycles. The molecule has 0 aromatic heterocycles. The molecule has 142 valence electrons. The molecule has 0 fully saturated rings. The van der Waals surface area contributed by atoms with E-state index in [4.69, 9.17) is 25.8 Å². The van der Waals surface area contributed by atoms with Crippen molar-refractivity contribution in [1.82, 2.24) is 0 Å². The van der Waals surface area contributed by atoms with Crippen LogP contribution in [0.25, 0.3) is 0 Å². The van der Waals surface area contributed by atoms with Crippen molar-refractivity contribution in [2.24, 2.45) is 0 Å². The highest BCUT2D eigenvalue weighted by Crippen LogP contribution is 2.27. The number of hydrogen-bond acceptors (Lipinski definition) is 6. The maximum Gasteiger partial charge on any atom is 0.344 e. The third-order valence-electron chi connectivity index (χ3n) is 3.24. The molecule has 2 rings (SSSR count). The summed E-state index contributed by atoms with van der Waals surface area (Å²) in [6, 6.07) is 8.07. The van der Waals surface area contributed by atoms with Crippen LogP contribution in [0.5, 0.6) is 11.5 Å². The minimum atomic E-state index is -0.788. The van der Waals surface area contributed by atoms with Crippen LogP contribution >= 0.6 is 11.6 Å². The smallest absolute Gasteiger partial charge is 0.344 e. The number of methoxy groups -OCH3 is 1. The molecule has 0 aliphatic carbocycles. The third kappa shape index (κ3) is 5.96. The first-order chi connectivity index (χ1) is 12.9. The predicted molar refractivity (Wildman–Crippen MR) is 94.9 cm³/mol. The molecule has 7 nitrogen and oxygen atoms in total. The standard InChI is InChI=1S/C18H15ClFNO6/c1-25-16-6-11(8-22)2-5-15(16)26-10-18(24)27-9-17(23)21-12-3-4-14(20)13(19)7-12/h2-8H,9-10H2,1H3,(H,21,23). The zero-order valence-corrected chi connectivity index (χ0v) is 14.9. The van der Waals surface area contributed by atoms with Crippen LogP contribution in [0.1, 0.15) is 10.4 Å². The number of nitrogens with one attached hydrogen (secondary N) is 1. The second-order valence-corrected chi connectivity index (χ2v) is 5.56. The Morgan fingerprint density at radius 2 is 1.93 bits per heavy atom. The molecule has 2 aromatic carbocycles. The molecule has 0 aliphatic rings. The van der Waals surface area contributed by atoms with Gasteiger partial charge in [0.15, 0.2) is 24.7 Å². The van der Waals surface area contributed by atoms with Crippen LogP contribution < -0.4 is 14.8 Å². The molecule has 0 saturated heterocycles. The van der Waals surface area contributed by atoms with E-state index in [2.05, 4.69) is 5.32 Å². The predicted octanol–water partition coefficient (Wildman–Crippen LogP) is 2.86. The first kappa shape index (κ1) is 20.2. The maximum atomic E-state index is 13.1. The number of halogens is 2. The first-order valence-corrected chi connectivity index (χ1v) is 7.97. The van der Waals surface area contributed by atoms with Crippen molar-refractivity contribution in [2.75, 3.05) is 25.6 Å². The molecule has 27 heavy (non-hydrogen) atoms. The monoisotopic (exact) mass is 395 g/mol. The SMILES string of the molecule is COc1cc(C=O)ccc1OCC(=O)OCC(=O)Nc1ccc(F)c(Cl)c1. The fraction of sp³-hybridized carbons (Fsp3) is 0.167. The summed E-state index contributed by atoms with van der Waals surface area (Å²) >= 11 is 5.61. The molecule has 0 spiro atoms. The van der Waals surface area contributed by atoms with Gasteiger partial charge in [0.05, 0.1) is 12.1 Å². The summed E-state index contributed by atoms with van der Waals surface area (Å²) in [4.78, 5) is 34.2. The lowest BCUT2D eigenvalue weighted by Gasteiger charge is -2.11. The molecule has 0 aliphatic heterocycles. The molecule has 9 heteroatoms. The lowest BCUT2D eigenvalue weighted by Crippen LogP contribution is -2.23. The van der Waals surface area contributed by atoms with Crippen molar-refractivity contribution in [3.05, 3.63) is 52.8 Å². The van der Waals surface area contributed by atoms with E-state index >= 15 is 0 Å². The largest absolute Gasteiger partial charge is 0.493 e. The van der Waals surface area contributed by atoms with Crippen LogP contribution in [0.4, 0.5) is 10.1 Å². The molecule has 0 saturated carbocycles. The van der Waals surface area contributed by atoms with Gasteiger partial charge in [-0.15, -0.1) is 0 Å². The first-order valence-electron chi connectivity index (χ1n) is 7.59. The lowest BCUT2D eigenvalue weighted by atomic mass is 10.2. The maximum absolute atomic E-state index is 13.1. The highest BCUT2D eigenvalue weighted by molar-refractivity contribution is 6.31. The van der Waals surface area contributed by atoms with Crippen LogP contribution in [-0.4, -0.2) is 38.5 Å². The summed E-state index contributed by atoms with van der Waals surface area (Å²) in [7, 11) is 1.39. The molecule has 0 atom stereocenters. The van der Waals surface area contributed by atoms with E-state index in [1.807, 2.05) is 0 Å². The van der Waals surface area contributed by atoms with E-state index < -0.39 is 30.9 Å². The number of aldehydes is 1. The average molecular weight is 396 g/mol. The second kappa shape index (κ2) is 9.54. The normalized spacial score (nSPS) is 10.0. The van der Waals surface area contributed by atoms with Gasteiger partial charge in [0.25, 0.3) is 5.91 Å². The quantitative estimate of drug-likeness (QED) is 0.546. The summed E-state index contributed by atoms with van der Waals surface area (Å²) < 4.78 is 28.2. The Bertz CT molecular complexity index is 858. The fourth-order valence-corrected chi connectivity index (χ4v) is 2.15. The Balaban J connectivity index is 1.81. The van der Waals surface area contributed by atoms with Gasteiger partial charge in [0.2, 0.25) is 0 Å². The Morgan fingerprint density at radius 3 is 2.59 bits per heavy atom. The van der Waals surface area contributed by atoms with Gasteiger partial charge in [0, 0.05) is 11.3 Å². The van der Waals surface area contributed by atoms with Crippen molar-refractivity contribution in [1.29, 1.82) is 0 Å². The molecular weight excluding hydrogens is 381 g/mol. The van der Waals surface area contributed by atoms with Crippen molar-refractivity contribution in [2.45, 2.75) is 0 Å². The molecule has 1 N–H and O–H groups in total. The number of hydrogen-bond donors (Lipinski definition) is 1.